The summed E-state index contributed by atoms with van der Waals surface area (Å²) in [5.74, 6) is 2.35. The van der Waals surface area contributed by atoms with Gasteiger partial charge in [0.1, 0.15) is 29.4 Å². The maximum Gasteiger partial charge on any atom is 0.200 e. The number of hydrogen-bond donors (Lipinski definition) is 0. The van der Waals surface area contributed by atoms with E-state index in [1.54, 1.807) is 7.11 Å². The first kappa shape index (κ1) is 22.9. The van der Waals surface area contributed by atoms with Crippen molar-refractivity contribution in [2.24, 2.45) is 0 Å². The molecule has 6 rings (SSSR count). The van der Waals surface area contributed by atoms with Crippen LogP contribution in [-0.2, 0) is 13.0 Å². The van der Waals surface area contributed by atoms with E-state index in [-0.39, 0.29) is 11.3 Å². The zero-order chi connectivity index (χ0) is 25.2. The lowest BCUT2D eigenvalue weighted by molar-refractivity contribution is 0.306. The molecule has 182 valence electrons. The van der Waals surface area contributed by atoms with Crippen LogP contribution in [0.25, 0.3) is 22.6 Å². The molecule has 4 nitrogen and oxygen atoms in total. The minimum Gasteiger partial charge on any atom is -0.497 e. The van der Waals surface area contributed by atoms with Gasteiger partial charge in [0.2, 0.25) is 0 Å². The van der Waals surface area contributed by atoms with Crippen molar-refractivity contribution in [2.75, 3.05) is 7.11 Å². The van der Waals surface area contributed by atoms with Gasteiger partial charge in [-0.2, -0.15) is 0 Å². The number of methoxy groups -OCH3 is 1. The third kappa shape index (κ3) is 4.54. The van der Waals surface area contributed by atoms with Gasteiger partial charge in [-0.1, -0.05) is 66.7 Å². The molecular weight excluding hydrogens is 460 g/mol. The molecule has 5 aromatic rings. The minimum atomic E-state index is 0.00553. The first-order valence-electron chi connectivity index (χ1n) is 12.4. The van der Waals surface area contributed by atoms with Gasteiger partial charge in [-0.3, -0.25) is 4.79 Å². The first-order chi connectivity index (χ1) is 18.2. The molecule has 0 radical (unpaired) electrons. The Morgan fingerprint density at radius 2 is 1.51 bits per heavy atom. The van der Waals surface area contributed by atoms with E-state index < -0.39 is 0 Å². The van der Waals surface area contributed by atoms with Gasteiger partial charge in [0.15, 0.2) is 5.43 Å². The fraction of sp³-hybridized carbons (Fsp3) is 0.121. The molecule has 0 amide bonds. The number of para-hydroxylation sites is 1. The Morgan fingerprint density at radius 3 is 2.27 bits per heavy atom. The maximum absolute atomic E-state index is 13.4. The molecule has 1 aliphatic rings. The zero-order valence-corrected chi connectivity index (χ0v) is 20.5. The summed E-state index contributed by atoms with van der Waals surface area (Å²) in [6, 6.07) is 33.8. The van der Waals surface area contributed by atoms with Crippen molar-refractivity contribution in [3.05, 3.63) is 141 Å². The van der Waals surface area contributed by atoms with Crippen molar-refractivity contribution in [2.45, 2.75) is 18.9 Å². The van der Waals surface area contributed by atoms with Crippen molar-refractivity contribution >= 4 is 22.6 Å². The molecule has 0 bridgehead atoms. The third-order valence-corrected chi connectivity index (χ3v) is 6.93. The first-order valence-corrected chi connectivity index (χ1v) is 12.4. The Hall–Kier alpha value is -4.57. The molecule has 0 saturated carbocycles. The van der Waals surface area contributed by atoms with Crippen LogP contribution in [0.15, 0.2) is 112 Å². The van der Waals surface area contributed by atoms with Crippen LogP contribution in [0.4, 0.5) is 0 Å². The SMILES string of the molecule is COc1ccc(C2=Cc3c(oc4ccccc4c3=O)CC2c2ccc(OCc3ccccc3)cc2)cc1. The quantitative estimate of drug-likeness (QED) is 0.253. The predicted molar refractivity (Wildman–Crippen MR) is 147 cm³/mol. The van der Waals surface area contributed by atoms with Gasteiger partial charge in [0.25, 0.3) is 0 Å². The highest BCUT2D eigenvalue weighted by Gasteiger charge is 2.28. The smallest absolute Gasteiger partial charge is 0.200 e. The van der Waals surface area contributed by atoms with E-state index in [1.807, 2.05) is 84.9 Å². The standard InChI is InChI=1S/C33H26O4/c1-35-25-15-11-23(12-16-25)28-19-30-32(37-31-10-6-5-9-27(31)33(30)34)20-29(28)24-13-17-26(18-14-24)36-21-22-7-3-2-4-8-22/h2-19,29H,20-21H2,1H3. The van der Waals surface area contributed by atoms with Crippen molar-refractivity contribution in [1.29, 1.82) is 0 Å². The van der Waals surface area contributed by atoms with E-state index in [2.05, 4.69) is 24.3 Å². The number of fused-ring (bicyclic) bond motifs is 2. The Balaban J connectivity index is 1.38. The van der Waals surface area contributed by atoms with E-state index in [1.165, 1.54) is 0 Å². The second-order valence-corrected chi connectivity index (χ2v) is 9.19. The van der Waals surface area contributed by atoms with Crippen LogP contribution >= 0.6 is 0 Å². The molecule has 0 fully saturated rings. The molecule has 4 heteroatoms. The van der Waals surface area contributed by atoms with Gasteiger partial charge in [-0.25, -0.2) is 0 Å². The van der Waals surface area contributed by atoms with Crippen molar-refractivity contribution in [1.82, 2.24) is 0 Å². The van der Waals surface area contributed by atoms with E-state index in [4.69, 9.17) is 13.9 Å². The van der Waals surface area contributed by atoms with Crippen LogP contribution in [0.1, 0.15) is 33.9 Å². The Labute approximate surface area is 215 Å². The molecule has 1 aliphatic carbocycles. The summed E-state index contributed by atoms with van der Waals surface area (Å²) < 4.78 is 17.6. The van der Waals surface area contributed by atoms with Crippen LogP contribution < -0.4 is 14.9 Å². The van der Waals surface area contributed by atoms with Gasteiger partial charge in [-0.05, 0) is 64.7 Å². The molecule has 0 spiro atoms. The molecule has 1 aromatic heterocycles. The maximum atomic E-state index is 13.4. The average molecular weight is 487 g/mol. The number of benzene rings is 4. The summed E-state index contributed by atoms with van der Waals surface area (Å²) in [6.45, 7) is 0.520. The minimum absolute atomic E-state index is 0.00553. The molecular formula is C33H26O4. The van der Waals surface area contributed by atoms with Gasteiger partial charge in [0, 0.05) is 12.3 Å². The van der Waals surface area contributed by atoms with E-state index >= 15 is 0 Å². The van der Waals surface area contributed by atoms with E-state index in [9.17, 15) is 4.79 Å². The molecule has 1 unspecified atom stereocenters. The highest BCUT2D eigenvalue weighted by molar-refractivity contribution is 5.90. The lowest BCUT2D eigenvalue weighted by Crippen LogP contribution is -2.18. The largest absolute Gasteiger partial charge is 0.497 e. The lowest BCUT2D eigenvalue weighted by Gasteiger charge is -2.26. The summed E-state index contributed by atoms with van der Waals surface area (Å²) in [7, 11) is 1.66. The molecule has 1 heterocycles. The molecule has 0 saturated heterocycles. The molecule has 0 N–H and O–H groups in total. The van der Waals surface area contributed by atoms with Crippen molar-refractivity contribution in [3.63, 3.8) is 0 Å². The fourth-order valence-electron chi connectivity index (χ4n) is 4.95. The fourth-order valence-corrected chi connectivity index (χ4v) is 4.95. The van der Waals surface area contributed by atoms with Crippen LogP contribution in [0, 0.1) is 0 Å². The molecule has 4 aromatic carbocycles. The zero-order valence-electron chi connectivity index (χ0n) is 20.5. The van der Waals surface area contributed by atoms with Gasteiger partial charge in [-0.15, -0.1) is 0 Å². The van der Waals surface area contributed by atoms with Gasteiger partial charge < -0.3 is 13.9 Å². The second-order valence-electron chi connectivity index (χ2n) is 9.19. The monoisotopic (exact) mass is 486 g/mol. The van der Waals surface area contributed by atoms with Crippen LogP contribution in [0.2, 0.25) is 0 Å². The normalized spacial score (nSPS) is 14.6. The average Bonchev–Trinajstić information content (AvgIpc) is 2.96. The van der Waals surface area contributed by atoms with Gasteiger partial charge >= 0.3 is 0 Å². The number of ether oxygens (including phenoxy) is 2. The van der Waals surface area contributed by atoms with Crippen LogP contribution in [0.3, 0.4) is 0 Å². The van der Waals surface area contributed by atoms with Crippen molar-refractivity contribution in [3.8, 4) is 11.5 Å². The Morgan fingerprint density at radius 1 is 0.811 bits per heavy atom. The topological polar surface area (TPSA) is 48.7 Å². The summed E-state index contributed by atoms with van der Waals surface area (Å²) in [5, 5.41) is 0.602. The Kier molecular flexibility index (Phi) is 6.07. The number of hydrogen-bond acceptors (Lipinski definition) is 4. The number of allylic oxidation sites excluding steroid dienone is 1. The highest BCUT2D eigenvalue weighted by atomic mass is 16.5. The summed E-state index contributed by atoms with van der Waals surface area (Å²) >= 11 is 0. The Bertz CT molecular complexity index is 1630. The summed E-state index contributed by atoms with van der Waals surface area (Å²) in [5.41, 5.74) is 5.65. The van der Waals surface area contributed by atoms with Crippen LogP contribution in [-0.4, -0.2) is 7.11 Å². The second kappa shape index (κ2) is 9.82. The van der Waals surface area contributed by atoms with Crippen LogP contribution in [0.5, 0.6) is 11.5 Å². The predicted octanol–water partition coefficient (Wildman–Crippen LogP) is 7.26. The number of rotatable bonds is 6. The molecule has 37 heavy (non-hydrogen) atoms. The molecule has 0 aliphatic heterocycles. The van der Waals surface area contributed by atoms with Gasteiger partial charge in [0.05, 0.1) is 18.1 Å². The lowest BCUT2D eigenvalue weighted by atomic mass is 9.78. The third-order valence-electron chi connectivity index (χ3n) is 6.93. The summed E-state index contributed by atoms with van der Waals surface area (Å²) in [4.78, 5) is 13.4. The highest BCUT2D eigenvalue weighted by Crippen LogP contribution is 2.41. The van der Waals surface area contributed by atoms with Crippen molar-refractivity contribution < 1.29 is 13.9 Å². The summed E-state index contributed by atoms with van der Waals surface area (Å²) in [6.07, 6.45) is 2.60. The molecule has 1 atom stereocenters. The van der Waals surface area contributed by atoms with E-state index in [0.717, 1.165) is 39.5 Å². The van der Waals surface area contributed by atoms with E-state index in [0.29, 0.717) is 29.6 Å².